The van der Waals surface area contributed by atoms with Crippen molar-refractivity contribution in [3.05, 3.63) is 23.8 Å². The average molecular weight is 304 g/mol. The molecular weight excluding hydrogens is 285 g/mol. The fourth-order valence-electron chi connectivity index (χ4n) is 1.55. The van der Waals surface area contributed by atoms with E-state index in [2.05, 4.69) is 5.32 Å². The first-order valence-corrected chi connectivity index (χ1v) is 6.47. The van der Waals surface area contributed by atoms with Gasteiger partial charge in [-0.1, -0.05) is 13.0 Å². The Morgan fingerprint density at radius 3 is 2.52 bits per heavy atom. The molecule has 0 saturated heterocycles. The first-order chi connectivity index (χ1) is 9.61. The maximum Gasteiger partial charge on any atom is 0.422 e. The molecule has 1 aromatic carbocycles. The number of benzene rings is 1. The van der Waals surface area contributed by atoms with Gasteiger partial charge in [0.1, 0.15) is 5.75 Å². The zero-order valence-corrected chi connectivity index (χ0v) is 12.1. The summed E-state index contributed by atoms with van der Waals surface area (Å²) in [6.07, 6.45) is -4.41. The molecule has 0 heterocycles. The van der Waals surface area contributed by atoms with Crippen LogP contribution in [0.25, 0.3) is 0 Å². The monoisotopic (exact) mass is 304 g/mol. The first kappa shape index (κ1) is 17.3. The van der Waals surface area contributed by atoms with Gasteiger partial charge < -0.3 is 15.8 Å². The van der Waals surface area contributed by atoms with Crippen LogP contribution in [0.2, 0.25) is 0 Å². The van der Waals surface area contributed by atoms with Crippen LogP contribution in [0.1, 0.15) is 19.4 Å². The van der Waals surface area contributed by atoms with Crippen LogP contribution in [0, 0.1) is 12.8 Å². The molecule has 0 aliphatic carbocycles. The van der Waals surface area contributed by atoms with Crippen LogP contribution in [-0.2, 0) is 4.79 Å². The van der Waals surface area contributed by atoms with Crippen molar-refractivity contribution in [3.63, 3.8) is 0 Å². The van der Waals surface area contributed by atoms with Gasteiger partial charge in [-0.15, -0.1) is 0 Å². The van der Waals surface area contributed by atoms with Crippen LogP contribution in [-0.4, -0.2) is 24.7 Å². The maximum atomic E-state index is 12.2. The topological polar surface area (TPSA) is 64.4 Å². The number of carbonyl (C=O) groups is 1. The summed E-state index contributed by atoms with van der Waals surface area (Å²) >= 11 is 0. The number of hydrogen-bond acceptors (Lipinski definition) is 3. The van der Waals surface area contributed by atoms with E-state index in [9.17, 15) is 18.0 Å². The molecule has 21 heavy (non-hydrogen) atoms. The Labute approximate surface area is 121 Å². The number of alkyl halides is 3. The standard InChI is InChI=1S/C14H19F3N2O2/c1-8(10(3)18)13(20)19-11-5-4-6-12(9(11)2)21-7-14(15,16)17/h4-6,8,10H,7,18H2,1-3H3,(H,19,20). The van der Waals surface area contributed by atoms with Crippen LogP contribution in [0.15, 0.2) is 18.2 Å². The summed E-state index contributed by atoms with van der Waals surface area (Å²) in [5, 5.41) is 2.65. The molecule has 118 valence electrons. The van der Waals surface area contributed by atoms with E-state index in [0.717, 1.165) is 0 Å². The number of nitrogens with one attached hydrogen (secondary N) is 1. The molecule has 2 atom stereocenters. The average Bonchev–Trinajstić information content (AvgIpc) is 2.37. The molecule has 7 heteroatoms. The van der Waals surface area contributed by atoms with Gasteiger partial charge in [0.2, 0.25) is 5.91 Å². The van der Waals surface area contributed by atoms with E-state index in [-0.39, 0.29) is 17.7 Å². The van der Waals surface area contributed by atoms with Gasteiger partial charge in [0, 0.05) is 17.3 Å². The summed E-state index contributed by atoms with van der Waals surface area (Å²) in [7, 11) is 0. The maximum absolute atomic E-state index is 12.2. The number of nitrogens with two attached hydrogens (primary N) is 1. The van der Waals surface area contributed by atoms with Gasteiger partial charge in [-0.25, -0.2) is 0 Å². The molecule has 3 N–H and O–H groups in total. The number of amides is 1. The first-order valence-electron chi connectivity index (χ1n) is 6.47. The van der Waals surface area contributed by atoms with Gasteiger partial charge in [-0.3, -0.25) is 4.79 Å². The van der Waals surface area contributed by atoms with E-state index in [4.69, 9.17) is 10.5 Å². The molecule has 0 saturated carbocycles. The lowest BCUT2D eigenvalue weighted by Gasteiger charge is -2.18. The summed E-state index contributed by atoms with van der Waals surface area (Å²) in [6, 6.07) is 4.22. The van der Waals surface area contributed by atoms with Gasteiger partial charge in [-0.2, -0.15) is 13.2 Å². The Kier molecular flexibility index (Phi) is 5.60. The zero-order valence-electron chi connectivity index (χ0n) is 12.1. The van der Waals surface area contributed by atoms with Gasteiger partial charge in [0.25, 0.3) is 0 Å². The predicted molar refractivity (Wildman–Crippen MR) is 74.2 cm³/mol. The minimum absolute atomic E-state index is 0.0820. The van der Waals surface area contributed by atoms with Crippen molar-refractivity contribution < 1.29 is 22.7 Å². The summed E-state index contributed by atoms with van der Waals surface area (Å²) in [4.78, 5) is 11.9. The van der Waals surface area contributed by atoms with Crippen molar-refractivity contribution in [2.45, 2.75) is 33.0 Å². The normalized spacial score (nSPS) is 14.4. The molecule has 1 aromatic rings. The molecular formula is C14H19F3N2O2. The van der Waals surface area contributed by atoms with E-state index < -0.39 is 18.7 Å². The van der Waals surface area contributed by atoms with Gasteiger partial charge in [0.15, 0.2) is 6.61 Å². The molecule has 0 aliphatic rings. The van der Waals surface area contributed by atoms with E-state index >= 15 is 0 Å². The molecule has 0 spiro atoms. The lowest BCUT2D eigenvalue weighted by Crippen LogP contribution is -2.34. The third kappa shape index (κ3) is 5.26. The molecule has 1 rings (SSSR count). The third-order valence-corrected chi connectivity index (χ3v) is 3.14. The Balaban J connectivity index is 2.83. The van der Waals surface area contributed by atoms with Crippen molar-refractivity contribution in [2.24, 2.45) is 11.7 Å². The predicted octanol–water partition coefficient (Wildman–Crippen LogP) is 2.86. The lowest BCUT2D eigenvalue weighted by atomic mass is 10.0. The van der Waals surface area contributed by atoms with Crippen molar-refractivity contribution in [1.82, 2.24) is 0 Å². The largest absolute Gasteiger partial charge is 0.484 e. The highest BCUT2D eigenvalue weighted by Gasteiger charge is 2.29. The Hall–Kier alpha value is -1.76. The number of halogens is 3. The summed E-state index contributed by atoms with van der Waals surface area (Å²) in [5.74, 6) is -0.621. The Morgan fingerprint density at radius 1 is 1.38 bits per heavy atom. The summed E-state index contributed by atoms with van der Waals surface area (Å²) < 4.78 is 41.2. The van der Waals surface area contributed by atoms with Gasteiger partial charge in [0.05, 0.1) is 5.92 Å². The van der Waals surface area contributed by atoms with E-state index in [1.54, 1.807) is 26.8 Å². The molecule has 2 unspecified atom stereocenters. The smallest absolute Gasteiger partial charge is 0.422 e. The molecule has 0 aliphatic heterocycles. The molecule has 1 amide bonds. The number of anilines is 1. The summed E-state index contributed by atoms with van der Waals surface area (Å²) in [6.45, 7) is 3.60. The quantitative estimate of drug-likeness (QED) is 0.879. The lowest BCUT2D eigenvalue weighted by molar-refractivity contribution is -0.153. The Morgan fingerprint density at radius 2 is 2.00 bits per heavy atom. The highest BCUT2D eigenvalue weighted by molar-refractivity contribution is 5.93. The van der Waals surface area contributed by atoms with Crippen molar-refractivity contribution in [2.75, 3.05) is 11.9 Å². The fraction of sp³-hybridized carbons (Fsp3) is 0.500. The van der Waals surface area contributed by atoms with Crippen LogP contribution < -0.4 is 15.8 Å². The highest BCUT2D eigenvalue weighted by Crippen LogP contribution is 2.27. The van der Waals surface area contributed by atoms with Crippen LogP contribution >= 0.6 is 0 Å². The second kappa shape index (κ2) is 6.80. The molecule has 0 aromatic heterocycles. The second-order valence-corrected chi connectivity index (χ2v) is 4.97. The summed E-state index contributed by atoms with van der Waals surface area (Å²) in [5.41, 5.74) is 6.49. The van der Waals surface area contributed by atoms with Gasteiger partial charge >= 0.3 is 6.18 Å². The van der Waals surface area contributed by atoms with Crippen molar-refractivity contribution >= 4 is 11.6 Å². The van der Waals surface area contributed by atoms with Crippen LogP contribution in [0.3, 0.4) is 0 Å². The van der Waals surface area contributed by atoms with Crippen LogP contribution in [0.4, 0.5) is 18.9 Å². The SMILES string of the molecule is Cc1c(NC(=O)C(C)C(C)N)cccc1OCC(F)(F)F. The van der Waals surface area contributed by atoms with Crippen LogP contribution in [0.5, 0.6) is 5.75 Å². The van der Waals surface area contributed by atoms with Crippen molar-refractivity contribution in [3.8, 4) is 5.75 Å². The van der Waals surface area contributed by atoms with E-state index in [0.29, 0.717) is 11.3 Å². The third-order valence-electron chi connectivity index (χ3n) is 3.14. The highest BCUT2D eigenvalue weighted by atomic mass is 19.4. The minimum atomic E-state index is -4.41. The molecule has 4 nitrogen and oxygen atoms in total. The van der Waals surface area contributed by atoms with Crippen molar-refractivity contribution in [1.29, 1.82) is 0 Å². The number of hydrogen-bond donors (Lipinski definition) is 2. The number of carbonyl (C=O) groups excluding carboxylic acids is 1. The fourth-order valence-corrected chi connectivity index (χ4v) is 1.55. The minimum Gasteiger partial charge on any atom is -0.484 e. The number of ether oxygens (including phenoxy) is 1. The van der Waals surface area contributed by atoms with E-state index in [1.807, 2.05) is 0 Å². The second-order valence-electron chi connectivity index (χ2n) is 4.97. The molecule has 0 fully saturated rings. The molecule has 0 radical (unpaired) electrons. The molecule has 0 bridgehead atoms. The van der Waals surface area contributed by atoms with E-state index in [1.165, 1.54) is 12.1 Å². The zero-order chi connectivity index (χ0) is 16.2. The Bertz CT molecular complexity index is 501. The number of rotatable bonds is 5. The van der Waals surface area contributed by atoms with Gasteiger partial charge in [-0.05, 0) is 26.0 Å².